The molecule has 0 bridgehead atoms. The number of ether oxygens (including phenoxy) is 1. The van der Waals surface area contributed by atoms with Gasteiger partial charge in [-0.15, -0.1) is 0 Å². The first-order valence-electron chi connectivity index (χ1n) is 6.35. The molecule has 0 atom stereocenters. The molecule has 0 unspecified atom stereocenters. The van der Waals surface area contributed by atoms with Crippen LogP contribution in [-0.2, 0) is 6.42 Å². The van der Waals surface area contributed by atoms with Gasteiger partial charge in [0.05, 0.1) is 11.6 Å². The molecule has 17 heavy (non-hydrogen) atoms. The van der Waals surface area contributed by atoms with Gasteiger partial charge < -0.3 is 10.5 Å². The second-order valence-corrected chi connectivity index (χ2v) is 5.97. The standard InChI is InChI=1S/C14H18ClNO/c15-12-4-3-11(8-14(16)5-6-14)7-13(12)17-9-10-1-2-10/h3-4,7,10H,1-2,5-6,8-9,16H2. The quantitative estimate of drug-likeness (QED) is 0.873. The van der Waals surface area contributed by atoms with Crippen LogP contribution in [-0.4, -0.2) is 12.1 Å². The minimum absolute atomic E-state index is 0.0432. The number of nitrogens with two attached hydrogens (primary N) is 1. The molecule has 2 N–H and O–H groups in total. The molecule has 0 aliphatic heterocycles. The van der Waals surface area contributed by atoms with Gasteiger partial charge in [0.15, 0.2) is 0 Å². The van der Waals surface area contributed by atoms with Crippen LogP contribution in [0.4, 0.5) is 0 Å². The van der Waals surface area contributed by atoms with E-state index < -0.39 is 0 Å². The Hall–Kier alpha value is -0.730. The van der Waals surface area contributed by atoms with Crippen LogP contribution < -0.4 is 10.5 Å². The lowest BCUT2D eigenvalue weighted by Gasteiger charge is -2.12. The van der Waals surface area contributed by atoms with Gasteiger partial charge in [-0.25, -0.2) is 0 Å². The Morgan fingerprint density at radius 3 is 2.76 bits per heavy atom. The lowest BCUT2D eigenvalue weighted by atomic mass is 10.0. The second kappa shape index (κ2) is 4.18. The van der Waals surface area contributed by atoms with Gasteiger partial charge in [-0.2, -0.15) is 0 Å². The van der Waals surface area contributed by atoms with Gasteiger partial charge in [-0.1, -0.05) is 17.7 Å². The Morgan fingerprint density at radius 1 is 1.35 bits per heavy atom. The van der Waals surface area contributed by atoms with Crippen LogP contribution in [0.2, 0.25) is 5.02 Å². The average Bonchev–Trinajstić information content (AvgIpc) is 3.18. The van der Waals surface area contributed by atoms with Crippen molar-refractivity contribution >= 4 is 11.6 Å². The van der Waals surface area contributed by atoms with E-state index in [1.807, 2.05) is 6.07 Å². The molecule has 2 aliphatic carbocycles. The summed E-state index contributed by atoms with van der Waals surface area (Å²) in [6, 6.07) is 6.03. The zero-order valence-corrected chi connectivity index (χ0v) is 10.7. The van der Waals surface area contributed by atoms with Crippen molar-refractivity contribution in [3.63, 3.8) is 0 Å². The molecule has 2 nitrogen and oxygen atoms in total. The maximum atomic E-state index is 6.13. The van der Waals surface area contributed by atoms with Crippen LogP contribution >= 0.6 is 11.6 Å². The molecule has 0 saturated heterocycles. The monoisotopic (exact) mass is 251 g/mol. The fraction of sp³-hybridized carbons (Fsp3) is 0.571. The molecule has 2 fully saturated rings. The Kier molecular flexibility index (Phi) is 2.80. The Bertz CT molecular complexity index is 424. The summed E-state index contributed by atoms with van der Waals surface area (Å²) in [5.41, 5.74) is 7.40. The predicted molar refractivity (Wildman–Crippen MR) is 69.5 cm³/mol. The molecule has 1 aromatic rings. The average molecular weight is 252 g/mol. The third kappa shape index (κ3) is 2.93. The number of halogens is 1. The number of hydrogen-bond acceptors (Lipinski definition) is 2. The highest BCUT2D eigenvalue weighted by atomic mass is 35.5. The molecule has 2 saturated carbocycles. The smallest absolute Gasteiger partial charge is 0.138 e. The van der Waals surface area contributed by atoms with Crippen LogP contribution in [0.3, 0.4) is 0 Å². The van der Waals surface area contributed by atoms with Crippen molar-refractivity contribution in [2.45, 2.75) is 37.6 Å². The van der Waals surface area contributed by atoms with E-state index in [0.29, 0.717) is 5.02 Å². The molecule has 0 amide bonds. The third-order valence-corrected chi connectivity index (χ3v) is 3.93. The third-order valence-electron chi connectivity index (χ3n) is 3.62. The Morgan fingerprint density at radius 2 is 2.12 bits per heavy atom. The normalized spacial score (nSPS) is 21.3. The molecule has 0 aromatic heterocycles. The topological polar surface area (TPSA) is 35.2 Å². The molecule has 92 valence electrons. The summed E-state index contributed by atoms with van der Waals surface area (Å²) in [7, 11) is 0. The zero-order valence-electron chi connectivity index (χ0n) is 9.92. The van der Waals surface area contributed by atoms with E-state index in [1.54, 1.807) is 0 Å². The summed E-state index contributed by atoms with van der Waals surface area (Å²) in [5.74, 6) is 1.57. The predicted octanol–water partition coefficient (Wildman–Crippen LogP) is 3.16. The molecule has 1 aromatic carbocycles. The summed E-state index contributed by atoms with van der Waals surface area (Å²) >= 11 is 6.13. The van der Waals surface area contributed by atoms with E-state index in [-0.39, 0.29) is 5.54 Å². The van der Waals surface area contributed by atoms with E-state index >= 15 is 0 Å². The molecular weight excluding hydrogens is 234 g/mol. The first-order valence-corrected chi connectivity index (χ1v) is 6.73. The lowest BCUT2D eigenvalue weighted by molar-refractivity contribution is 0.299. The van der Waals surface area contributed by atoms with Crippen LogP contribution in [0.15, 0.2) is 18.2 Å². The van der Waals surface area contributed by atoms with Crippen LogP contribution in [0.5, 0.6) is 5.75 Å². The Labute approximate surface area is 107 Å². The van der Waals surface area contributed by atoms with E-state index in [0.717, 1.165) is 37.5 Å². The first kappa shape index (κ1) is 11.4. The van der Waals surface area contributed by atoms with E-state index in [2.05, 4.69) is 12.1 Å². The minimum atomic E-state index is 0.0432. The molecular formula is C14H18ClNO. The molecule has 2 aliphatic rings. The lowest BCUT2D eigenvalue weighted by Crippen LogP contribution is -2.24. The highest BCUT2D eigenvalue weighted by Crippen LogP contribution is 2.37. The van der Waals surface area contributed by atoms with Gasteiger partial charge in [0.25, 0.3) is 0 Å². The van der Waals surface area contributed by atoms with Crippen molar-refractivity contribution in [1.29, 1.82) is 0 Å². The van der Waals surface area contributed by atoms with Crippen molar-refractivity contribution in [2.75, 3.05) is 6.61 Å². The van der Waals surface area contributed by atoms with Gasteiger partial charge in [0.1, 0.15) is 5.75 Å². The van der Waals surface area contributed by atoms with Crippen LogP contribution in [0.1, 0.15) is 31.2 Å². The zero-order chi connectivity index (χ0) is 11.9. The summed E-state index contributed by atoms with van der Waals surface area (Å²) < 4.78 is 5.76. The fourth-order valence-corrected chi connectivity index (χ4v) is 2.18. The minimum Gasteiger partial charge on any atom is -0.492 e. The summed E-state index contributed by atoms with van der Waals surface area (Å²) in [4.78, 5) is 0. The van der Waals surface area contributed by atoms with Crippen LogP contribution in [0, 0.1) is 5.92 Å². The molecule has 3 rings (SSSR count). The number of hydrogen-bond donors (Lipinski definition) is 1. The highest BCUT2D eigenvalue weighted by molar-refractivity contribution is 6.32. The Balaban J connectivity index is 1.69. The van der Waals surface area contributed by atoms with Crippen molar-refractivity contribution < 1.29 is 4.74 Å². The van der Waals surface area contributed by atoms with Gasteiger partial charge in [0.2, 0.25) is 0 Å². The first-order chi connectivity index (χ1) is 8.15. The highest BCUT2D eigenvalue weighted by Gasteiger charge is 2.38. The van der Waals surface area contributed by atoms with Crippen molar-refractivity contribution in [2.24, 2.45) is 11.7 Å². The molecule has 0 spiro atoms. The molecule has 3 heteroatoms. The SMILES string of the molecule is NC1(Cc2ccc(Cl)c(OCC3CC3)c2)CC1. The summed E-state index contributed by atoms with van der Waals surface area (Å²) in [6.45, 7) is 0.803. The van der Waals surface area contributed by atoms with Crippen LogP contribution in [0.25, 0.3) is 0 Å². The maximum absolute atomic E-state index is 6.13. The van der Waals surface area contributed by atoms with Gasteiger partial charge >= 0.3 is 0 Å². The van der Waals surface area contributed by atoms with Crippen molar-refractivity contribution in [1.82, 2.24) is 0 Å². The fourth-order valence-electron chi connectivity index (χ4n) is 2.00. The molecule has 0 radical (unpaired) electrons. The summed E-state index contributed by atoms with van der Waals surface area (Å²) in [5, 5.41) is 0.705. The summed E-state index contributed by atoms with van der Waals surface area (Å²) in [6.07, 6.45) is 5.79. The second-order valence-electron chi connectivity index (χ2n) is 5.56. The van der Waals surface area contributed by atoms with Gasteiger partial charge in [-0.05, 0) is 55.7 Å². The van der Waals surface area contributed by atoms with Gasteiger partial charge in [-0.3, -0.25) is 0 Å². The van der Waals surface area contributed by atoms with Crippen molar-refractivity contribution in [3.8, 4) is 5.75 Å². The van der Waals surface area contributed by atoms with E-state index in [1.165, 1.54) is 18.4 Å². The van der Waals surface area contributed by atoms with E-state index in [9.17, 15) is 0 Å². The maximum Gasteiger partial charge on any atom is 0.138 e. The van der Waals surface area contributed by atoms with Crippen molar-refractivity contribution in [3.05, 3.63) is 28.8 Å². The number of rotatable bonds is 5. The number of benzene rings is 1. The largest absolute Gasteiger partial charge is 0.492 e. The van der Waals surface area contributed by atoms with E-state index in [4.69, 9.17) is 22.1 Å². The molecule has 0 heterocycles. The van der Waals surface area contributed by atoms with Gasteiger partial charge in [0, 0.05) is 5.54 Å².